The smallest absolute Gasteiger partial charge is 0.232 e. The molecule has 0 heterocycles. The number of aryl methyl sites for hydroxylation is 1. The molecule has 0 spiro atoms. The molecule has 0 atom stereocenters. The van der Waals surface area contributed by atoms with Crippen LogP contribution in [0.2, 0.25) is 5.02 Å². The van der Waals surface area contributed by atoms with Crippen molar-refractivity contribution < 1.29 is 22.7 Å². The molecule has 0 radical (unpaired) electrons. The highest BCUT2D eigenvalue weighted by Gasteiger charge is 2.21. The van der Waals surface area contributed by atoms with Gasteiger partial charge >= 0.3 is 0 Å². The van der Waals surface area contributed by atoms with Crippen molar-refractivity contribution in [1.82, 2.24) is 5.32 Å². The van der Waals surface area contributed by atoms with E-state index in [9.17, 15) is 13.2 Å². The van der Waals surface area contributed by atoms with Gasteiger partial charge in [0.2, 0.25) is 15.9 Å². The Morgan fingerprint density at radius 3 is 2.50 bits per heavy atom. The minimum atomic E-state index is -3.53. The van der Waals surface area contributed by atoms with Gasteiger partial charge in [0.25, 0.3) is 0 Å². The Bertz CT molecular complexity index is 948. The van der Waals surface area contributed by atoms with Gasteiger partial charge in [-0.1, -0.05) is 17.7 Å². The van der Waals surface area contributed by atoms with Crippen molar-refractivity contribution >= 4 is 33.2 Å². The minimum Gasteiger partial charge on any atom is -0.495 e. The third-order valence-corrected chi connectivity index (χ3v) is 5.71. The first kappa shape index (κ1) is 23.8. The number of hydrogen-bond acceptors (Lipinski definition) is 5. The molecule has 2 aromatic rings. The molecular weight excluding hydrogens is 428 g/mol. The number of sulfonamides is 1. The number of halogens is 1. The first-order valence-electron chi connectivity index (χ1n) is 9.48. The molecular formula is C21H27ClN2O5S. The number of benzene rings is 2. The van der Waals surface area contributed by atoms with Gasteiger partial charge in [-0.2, -0.15) is 0 Å². The van der Waals surface area contributed by atoms with Crippen LogP contribution in [0.3, 0.4) is 0 Å². The van der Waals surface area contributed by atoms with Gasteiger partial charge < -0.3 is 14.8 Å². The molecule has 1 amide bonds. The van der Waals surface area contributed by atoms with E-state index in [1.165, 1.54) is 11.4 Å². The summed E-state index contributed by atoms with van der Waals surface area (Å²) in [5.41, 5.74) is 1.38. The summed E-state index contributed by atoms with van der Waals surface area (Å²) in [7, 11) is -2.03. The maximum atomic E-state index is 12.3. The van der Waals surface area contributed by atoms with E-state index in [0.29, 0.717) is 41.8 Å². The molecule has 9 heteroatoms. The summed E-state index contributed by atoms with van der Waals surface area (Å²) in [4.78, 5) is 12.1. The van der Waals surface area contributed by atoms with E-state index in [2.05, 4.69) is 5.32 Å². The Morgan fingerprint density at radius 1 is 1.17 bits per heavy atom. The summed E-state index contributed by atoms with van der Waals surface area (Å²) >= 11 is 5.82. The van der Waals surface area contributed by atoms with Crippen LogP contribution >= 0.6 is 11.6 Å². The molecule has 164 valence electrons. The van der Waals surface area contributed by atoms with Gasteiger partial charge in [0.05, 0.1) is 25.6 Å². The molecule has 0 aromatic heterocycles. The van der Waals surface area contributed by atoms with Crippen LogP contribution in [0, 0.1) is 6.92 Å². The first-order valence-corrected chi connectivity index (χ1v) is 11.7. The minimum absolute atomic E-state index is 0.167. The number of ether oxygens (including phenoxy) is 2. The fourth-order valence-electron chi connectivity index (χ4n) is 2.82. The first-order chi connectivity index (χ1) is 14.2. The average molecular weight is 455 g/mol. The van der Waals surface area contributed by atoms with E-state index in [-0.39, 0.29) is 18.9 Å². The number of amides is 1. The van der Waals surface area contributed by atoms with E-state index in [4.69, 9.17) is 21.1 Å². The third kappa shape index (κ3) is 7.42. The van der Waals surface area contributed by atoms with Gasteiger partial charge in [-0.25, -0.2) is 8.42 Å². The number of carbonyl (C=O) groups is 1. The van der Waals surface area contributed by atoms with Crippen molar-refractivity contribution in [2.75, 3.05) is 37.4 Å². The van der Waals surface area contributed by atoms with Crippen molar-refractivity contribution in [2.24, 2.45) is 0 Å². The molecule has 0 saturated heterocycles. The lowest BCUT2D eigenvalue weighted by molar-refractivity contribution is -0.121. The molecule has 0 aliphatic carbocycles. The lowest BCUT2D eigenvalue weighted by Crippen LogP contribution is -2.33. The number of nitrogens with one attached hydrogen (secondary N) is 1. The molecule has 0 aliphatic rings. The summed E-state index contributed by atoms with van der Waals surface area (Å²) in [6.45, 7) is 2.72. The van der Waals surface area contributed by atoms with Crippen LogP contribution in [0.4, 0.5) is 5.69 Å². The van der Waals surface area contributed by atoms with Crippen LogP contribution in [-0.2, 0) is 14.8 Å². The second kappa shape index (κ2) is 11.1. The number of carbonyl (C=O) groups excluding carboxylic acids is 1. The van der Waals surface area contributed by atoms with Crippen LogP contribution < -0.4 is 19.1 Å². The lowest BCUT2D eigenvalue weighted by Gasteiger charge is -2.24. The Hall–Kier alpha value is -2.45. The molecule has 2 rings (SSSR count). The molecule has 2 aromatic carbocycles. The number of methoxy groups -OCH3 is 1. The fourth-order valence-corrected chi connectivity index (χ4v) is 3.91. The molecule has 0 saturated carbocycles. The predicted octanol–water partition coefficient (Wildman–Crippen LogP) is 3.40. The van der Waals surface area contributed by atoms with Gasteiger partial charge in [0, 0.05) is 18.0 Å². The summed E-state index contributed by atoms with van der Waals surface area (Å²) in [5, 5.41) is 3.39. The zero-order valence-electron chi connectivity index (χ0n) is 17.4. The Morgan fingerprint density at radius 2 is 1.87 bits per heavy atom. The topological polar surface area (TPSA) is 84.9 Å². The van der Waals surface area contributed by atoms with Gasteiger partial charge in [-0.15, -0.1) is 0 Å². The molecule has 0 aliphatic heterocycles. The monoisotopic (exact) mass is 454 g/mol. The van der Waals surface area contributed by atoms with Crippen LogP contribution in [0.25, 0.3) is 0 Å². The van der Waals surface area contributed by atoms with Crippen molar-refractivity contribution in [3.8, 4) is 11.5 Å². The normalized spacial score (nSPS) is 11.1. The van der Waals surface area contributed by atoms with E-state index in [1.54, 1.807) is 36.4 Å². The standard InChI is InChI=1S/C21H27ClN2O5S/c1-16-6-11-20(28-2)19(15-16)24(30(3,26)27)13-4-5-21(25)23-12-14-29-18-9-7-17(22)8-10-18/h6-11,15H,4-5,12-14H2,1-3H3,(H,23,25). The lowest BCUT2D eigenvalue weighted by atomic mass is 10.2. The third-order valence-electron chi connectivity index (χ3n) is 4.28. The van der Waals surface area contributed by atoms with Crippen molar-refractivity contribution in [3.05, 3.63) is 53.1 Å². The molecule has 7 nitrogen and oxygen atoms in total. The van der Waals surface area contributed by atoms with E-state index in [1.807, 2.05) is 13.0 Å². The zero-order valence-corrected chi connectivity index (χ0v) is 18.9. The van der Waals surface area contributed by atoms with E-state index in [0.717, 1.165) is 11.8 Å². The van der Waals surface area contributed by atoms with Crippen LogP contribution in [0.15, 0.2) is 42.5 Å². The molecule has 0 bridgehead atoms. The Balaban J connectivity index is 1.83. The summed E-state index contributed by atoms with van der Waals surface area (Å²) in [5.74, 6) is 0.971. The maximum absolute atomic E-state index is 12.3. The highest BCUT2D eigenvalue weighted by Crippen LogP contribution is 2.31. The van der Waals surface area contributed by atoms with Crippen LogP contribution in [-0.4, -0.2) is 47.4 Å². The second-order valence-electron chi connectivity index (χ2n) is 6.77. The molecule has 0 fully saturated rings. The Labute approximate surface area is 183 Å². The summed E-state index contributed by atoms with van der Waals surface area (Å²) < 4.78 is 36.7. The zero-order chi connectivity index (χ0) is 22.1. The fraction of sp³-hybridized carbons (Fsp3) is 0.381. The van der Waals surface area contributed by atoms with Gasteiger partial charge in [-0.3, -0.25) is 9.10 Å². The van der Waals surface area contributed by atoms with Gasteiger partial charge in [0.1, 0.15) is 18.1 Å². The van der Waals surface area contributed by atoms with Crippen molar-refractivity contribution in [3.63, 3.8) is 0 Å². The SMILES string of the molecule is COc1ccc(C)cc1N(CCCC(=O)NCCOc1ccc(Cl)cc1)S(C)(=O)=O. The number of anilines is 1. The maximum Gasteiger partial charge on any atom is 0.232 e. The second-order valence-corrected chi connectivity index (χ2v) is 9.11. The van der Waals surface area contributed by atoms with Crippen molar-refractivity contribution in [2.45, 2.75) is 19.8 Å². The summed E-state index contributed by atoms with van der Waals surface area (Å²) in [6.07, 6.45) is 1.71. The number of rotatable bonds is 11. The quantitative estimate of drug-likeness (QED) is 0.526. The predicted molar refractivity (Wildman–Crippen MR) is 119 cm³/mol. The van der Waals surface area contributed by atoms with Gasteiger partial charge in [-0.05, 0) is 55.3 Å². The number of hydrogen-bond donors (Lipinski definition) is 1. The molecule has 1 N–H and O–H groups in total. The Kier molecular flexibility index (Phi) is 8.80. The highest BCUT2D eigenvalue weighted by atomic mass is 35.5. The number of nitrogens with zero attached hydrogens (tertiary/aromatic N) is 1. The van der Waals surface area contributed by atoms with Crippen LogP contribution in [0.5, 0.6) is 11.5 Å². The van der Waals surface area contributed by atoms with E-state index < -0.39 is 10.0 Å². The molecule has 30 heavy (non-hydrogen) atoms. The van der Waals surface area contributed by atoms with E-state index >= 15 is 0 Å². The largest absolute Gasteiger partial charge is 0.495 e. The van der Waals surface area contributed by atoms with Gasteiger partial charge in [0.15, 0.2) is 0 Å². The average Bonchev–Trinajstić information content (AvgIpc) is 2.69. The van der Waals surface area contributed by atoms with Crippen molar-refractivity contribution in [1.29, 1.82) is 0 Å². The summed E-state index contributed by atoms with van der Waals surface area (Å²) in [6, 6.07) is 12.3. The molecule has 0 unspecified atom stereocenters. The highest BCUT2D eigenvalue weighted by molar-refractivity contribution is 7.92. The van der Waals surface area contributed by atoms with Crippen LogP contribution in [0.1, 0.15) is 18.4 Å².